The number of benzene rings is 2. The standard InChI is InChI=1S/C20H20ClN7/c1-13-2-4-14(5-3-13)19(20-25-27-28-26-20)24-11-10-23-17-8-9-22-18-12-15(21)6-7-16(17)18/h2-9,12,19,24H,10-11H2,1H3,(H,22,23)(H,25,26,27,28). The molecule has 1 unspecified atom stereocenters. The number of H-pyrrole nitrogens is 1. The van der Waals surface area contributed by atoms with E-state index in [0.29, 0.717) is 17.4 Å². The second kappa shape index (κ2) is 8.33. The topological polar surface area (TPSA) is 91.4 Å². The highest BCUT2D eigenvalue weighted by Gasteiger charge is 2.17. The summed E-state index contributed by atoms with van der Waals surface area (Å²) in [6.07, 6.45) is 1.78. The first kappa shape index (κ1) is 18.3. The fraction of sp³-hybridized carbons (Fsp3) is 0.200. The zero-order valence-corrected chi connectivity index (χ0v) is 16.1. The maximum atomic E-state index is 6.06. The van der Waals surface area contributed by atoms with Crippen LogP contribution in [0.25, 0.3) is 10.9 Å². The summed E-state index contributed by atoms with van der Waals surface area (Å²) in [7, 11) is 0. The number of anilines is 1. The van der Waals surface area contributed by atoms with Crippen LogP contribution in [0, 0.1) is 6.92 Å². The molecule has 142 valence electrons. The summed E-state index contributed by atoms with van der Waals surface area (Å²) >= 11 is 6.06. The molecule has 2 aromatic carbocycles. The maximum Gasteiger partial charge on any atom is 0.195 e. The Morgan fingerprint density at radius 1 is 1.07 bits per heavy atom. The SMILES string of the molecule is Cc1ccc(C(NCCNc2ccnc3cc(Cl)ccc23)c2nn[nH]n2)cc1. The van der Waals surface area contributed by atoms with Crippen LogP contribution in [0.5, 0.6) is 0 Å². The lowest BCUT2D eigenvalue weighted by atomic mass is 10.0. The third-order valence-electron chi connectivity index (χ3n) is 4.52. The van der Waals surface area contributed by atoms with Crippen molar-refractivity contribution >= 4 is 28.2 Å². The van der Waals surface area contributed by atoms with E-state index in [1.165, 1.54) is 5.56 Å². The van der Waals surface area contributed by atoms with Crippen LogP contribution in [0.3, 0.4) is 0 Å². The molecular formula is C20H20ClN7. The highest BCUT2D eigenvalue weighted by molar-refractivity contribution is 6.31. The molecule has 0 saturated heterocycles. The van der Waals surface area contributed by atoms with Crippen molar-refractivity contribution in [3.8, 4) is 0 Å². The molecule has 0 spiro atoms. The molecule has 0 amide bonds. The van der Waals surface area contributed by atoms with E-state index >= 15 is 0 Å². The first-order chi connectivity index (χ1) is 13.7. The average molecular weight is 394 g/mol. The van der Waals surface area contributed by atoms with Gasteiger partial charge in [0.15, 0.2) is 5.82 Å². The molecule has 0 aliphatic heterocycles. The summed E-state index contributed by atoms with van der Waals surface area (Å²) in [5, 5.41) is 23.2. The predicted octanol–water partition coefficient (Wildman–Crippen LogP) is 3.50. The fourth-order valence-corrected chi connectivity index (χ4v) is 3.26. The largest absolute Gasteiger partial charge is 0.383 e. The summed E-state index contributed by atoms with van der Waals surface area (Å²) in [5.41, 5.74) is 4.20. The van der Waals surface area contributed by atoms with Crippen LogP contribution in [-0.2, 0) is 0 Å². The smallest absolute Gasteiger partial charge is 0.195 e. The van der Waals surface area contributed by atoms with Crippen LogP contribution < -0.4 is 10.6 Å². The van der Waals surface area contributed by atoms with Crippen molar-refractivity contribution < 1.29 is 0 Å². The van der Waals surface area contributed by atoms with Gasteiger partial charge in [-0.05, 0) is 36.8 Å². The summed E-state index contributed by atoms with van der Waals surface area (Å²) in [6.45, 7) is 3.50. The van der Waals surface area contributed by atoms with Crippen molar-refractivity contribution in [2.75, 3.05) is 18.4 Å². The first-order valence-electron chi connectivity index (χ1n) is 9.02. The van der Waals surface area contributed by atoms with Crippen molar-refractivity contribution in [3.63, 3.8) is 0 Å². The summed E-state index contributed by atoms with van der Waals surface area (Å²) in [5.74, 6) is 0.618. The zero-order valence-electron chi connectivity index (χ0n) is 15.4. The minimum absolute atomic E-state index is 0.130. The van der Waals surface area contributed by atoms with E-state index in [4.69, 9.17) is 11.6 Å². The van der Waals surface area contributed by atoms with Crippen molar-refractivity contribution in [1.82, 2.24) is 30.9 Å². The van der Waals surface area contributed by atoms with E-state index in [0.717, 1.165) is 28.7 Å². The number of halogens is 1. The lowest BCUT2D eigenvalue weighted by Gasteiger charge is -2.17. The number of aryl methyl sites for hydroxylation is 1. The second-order valence-electron chi connectivity index (χ2n) is 6.51. The third-order valence-corrected chi connectivity index (χ3v) is 4.76. The van der Waals surface area contributed by atoms with E-state index < -0.39 is 0 Å². The molecule has 0 radical (unpaired) electrons. The number of aromatic amines is 1. The number of rotatable bonds is 7. The van der Waals surface area contributed by atoms with Gasteiger partial charge in [0.2, 0.25) is 0 Å². The Labute approximate surface area is 167 Å². The quantitative estimate of drug-likeness (QED) is 0.416. The molecule has 28 heavy (non-hydrogen) atoms. The number of pyridine rings is 1. The minimum Gasteiger partial charge on any atom is -0.383 e. The van der Waals surface area contributed by atoms with Crippen LogP contribution in [-0.4, -0.2) is 38.7 Å². The molecule has 0 aliphatic carbocycles. The van der Waals surface area contributed by atoms with E-state index in [1.54, 1.807) is 6.20 Å². The fourth-order valence-electron chi connectivity index (χ4n) is 3.10. The van der Waals surface area contributed by atoms with Gasteiger partial charge in [-0.25, -0.2) is 0 Å². The lowest BCUT2D eigenvalue weighted by Crippen LogP contribution is -2.28. The molecule has 0 saturated carbocycles. The molecule has 3 N–H and O–H groups in total. The van der Waals surface area contributed by atoms with Gasteiger partial charge in [0.05, 0.1) is 11.6 Å². The number of aromatic nitrogens is 5. The highest BCUT2D eigenvalue weighted by atomic mass is 35.5. The van der Waals surface area contributed by atoms with E-state index in [1.807, 2.05) is 24.3 Å². The van der Waals surface area contributed by atoms with Gasteiger partial charge in [-0.3, -0.25) is 4.98 Å². The summed E-state index contributed by atoms with van der Waals surface area (Å²) < 4.78 is 0. The van der Waals surface area contributed by atoms with Crippen LogP contribution in [0.1, 0.15) is 23.0 Å². The normalized spacial score (nSPS) is 12.2. The number of nitrogens with one attached hydrogen (secondary N) is 3. The lowest BCUT2D eigenvalue weighted by molar-refractivity contribution is 0.589. The molecule has 0 bridgehead atoms. The van der Waals surface area contributed by atoms with Gasteiger partial charge < -0.3 is 10.6 Å². The van der Waals surface area contributed by atoms with Gasteiger partial charge in [0.1, 0.15) is 0 Å². The van der Waals surface area contributed by atoms with Crippen molar-refractivity contribution in [2.24, 2.45) is 0 Å². The Morgan fingerprint density at radius 2 is 1.93 bits per heavy atom. The average Bonchev–Trinajstić information content (AvgIpc) is 3.23. The molecule has 4 rings (SSSR count). The van der Waals surface area contributed by atoms with E-state index in [-0.39, 0.29) is 6.04 Å². The summed E-state index contributed by atoms with van der Waals surface area (Å²) in [6, 6.07) is 15.9. The molecule has 0 fully saturated rings. The molecule has 1 atom stereocenters. The molecule has 2 heterocycles. The van der Waals surface area contributed by atoms with Gasteiger partial charge in [0.25, 0.3) is 0 Å². The molecule has 0 aliphatic rings. The Bertz CT molecular complexity index is 1050. The molecule has 4 aromatic rings. The van der Waals surface area contributed by atoms with Crippen molar-refractivity contribution in [2.45, 2.75) is 13.0 Å². The van der Waals surface area contributed by atoms with Gasteiger partial charge in [-0.15, -0.1) is 10.2 Å². The number of fused-ring (bicyclic) bond motifs is 1. The van der Waals surface area contributed by atoms with Crippen LogP contribution >= 0.6 is 11.6 Å². The molecule has 7 nitrogen and oxygen atoms in total. The number of nitrogens with zero attached hydrogens (tertiary/aromatic N) is 4. The Balaban J connectivity index is 1.44. The van der Waals surface area contributed by atoms with Crippen molar-refractivity contribution in [3.05, 3.63) is 76.7 Å². The zero-order chi connectivity index (χ0) is 19.3. The summed E-state index contributed by atoms with van der Waals surface area (Å²) in [4.78, 5) is 4.37. The van der Waals surface area contributed by atoms with Crippen LogP contribution in [0.15, 0.2) is 54.7 Å². The molecule has 2 aromatic heterocycles. The van der Waals surface area contributed by atoms with E-state index in [2.05, 4.69) is 67.4 Å². The highest BCUT2D eigenvalue weighted by Crippen LogP contribution is 2.24. The number of tetrazole rings is 1. The number of hydrogen-bond donors (Lipinski definition) is 3. The van der Waals surface area contributed by atoms with Crippen LogP contribution in [0.4, 0.5) is 5.69 Å². The third kappa shape index (κ3) is 4.11. The first-order valence-corrected chi connectivity index (χ1v) is 9.40. The Kier molecular flexibility index (Phi) is 5.45. The maximum absolute atomic E-state index is 6.06. The Morgan fingerprint density at radius 3 is 2.71 bits per heavy atom. The van der Waals surface area contributed by atoms with Gasteiger partial charge >= 0.3 is 0 Å². The van der Waals surface area contributed by atoms with Crippen LogP contribution in [0.2, 0.25) is 5.02 Å². The Hall–Kier alpha value is -3.03. The van der Waals surface area contributed by atoms with Crippen molar-refractivity contribution in [1.29, 1.82) is 0 Å². The molecule has 8 heteroatoms. The van der Waals surface area contributed by atoms with Gasteiger partial charge in [0, 0.05) is 35.4 Å². The monoisotopic (exact) mass is 393 g/mol. The molecular weight excluding hydrogens is 374 g/mol. The van der Waals surface area contributed by atoms with E-state index in [9.17, 15) is 0 Å². The predicted molar refractivity (Wildman–Crippen MR) is 110 cm³/mol. The van der Waals surface area contributed by atoms with Gasteiger partial charge in [-0.2, -0.15) is 5.21 Å². The second-order valence-corrected chi connectivity index (χ2v) is 6.95. The van der Waals surface area contributed by atoms with Gasteiger partial charge in [-0.1, -0.05) is 46.6 Å². The minimum atomic E-state index is -0.130. The number of hydrogen-bond acceptors (Lipinski definition) is 6.